The molecule has 1 aliphatic rings. The lowest BCUT2D eigenvalue weighted by Crippen LogP contribution is -2.46. The molecule has 0 aromatic carbocycles. The number of pyridine rings is 1. The van der Waals surface area contributed by atoms with Gasteiger partial charge >= 0.3 is 6.03 Å². The smallest absolute Gasteiger partial charge is 0.317 e. The predicted octanol–water partition coefficient (Wildman–Crippen LogP) is 3.48. The molecule has 1 aliphatic carbocycles. The van der Waals surface area contributed by atoms with Gasteiger partial charge in [0.05, 0.1) is 5.02 Å². The van der Waals surface area contributed by atoms with E-state index in [-0.39, 0.29) is 18.2 Å². The number of hydrogen-bond acceptors (Lipinski definition) is 3. The standard InChI is InChI=1S/C16H24ClN3O2/c1-3-20(4-2)16(21)19-13-6-8-14(9-7-13)22-15-10-5-12(17)11-18-15/h5,10-11,13-14H,3-4,6-9H2,1-2H3,(H,19,21). The van der Waals surface area contributed by atoms with Crippen LogP contribution in [0.3, 0.4) is 0 Å². The van der Waals surface area contributed by atoms with Gasteiger partial charge in [-0.2, -0.15) is 0 Å². The number of halogens is 1. The number of nitrogens with one attached hydrogen (secondary N) is 1. The van der Waals surface area contributed by atoms with Gasteiger partial charge < -0.3 is 15.0 Å². The molecule has 0 bridgehead atoms. The fourth-order valence-electron chi connectivity index (χ4n) is 2.70. The van der Waals surface area contributed by atoms with E-state index in [0.29, 0.717) is 10.9 Å². The SMILES string of the molecule is CCN(CC)C(=O)NC1CCC(Oc2ccc(Cl)cn2)CC1. The second kappa shape index (κ2) is 8.22. The van der Waals surface area contributed by atoms with Crippen molar-refractivity contribution in [2.24, 2.45) is 0 Å². The van der Waals surface area contributed by atoms with Gasteiger partial charge in [-0.3, -0.25) is 0 Å². The number of nitrogens with zero attached hydrogens (tertiary/aromatic N) is 2. The van der Waals surface area contributed by atoms with Crippen LogP contribution in [-0.2, 0) is 0 Å². The van der Waals surface area contributed by atoms with E-state index in [2.05, 4.69) is 10.3 Å². The summed E-state index contributed by atoms with van der Waals surface area (Å²) in [6.45, 7) is 5.46. The summed E-state index contributed by atoms with van der Waals surface area (Å²) in [7, 11) is 0. The van der Waals surface area contributed by atoms with Crippen molar-refractivity contribution < 1.29 is 9.53 Å². The highest BCUT2D eigenvalue weighted by Crippen LogP contribution is 2.23. The molecule has 0 unspecified atom stereocenters. The van der Waals surface area contributed by atoms with E-state index >= 15 is 0 Å². The van der Waals surface area contributed by atoms with Gasteiger partial charge in [-0.05, 0) is 45.6 Å². The van der Waals surface area contributed by atoms with Crippen LogP contribution in [0.2, 0.25) is 5.02 Å². The molecule has 0 saturated heterocycles. The van der Waals surface area contributed by atoms with Crippen molar-refractivity contribution in [3.8, 4) is 5.88 Å². The molecule has 0 spiro atoms. The molecule has 1 saturated carbocycles. The van der Waals surface area contributed by atoms with Crippen molar-refractivity contribution in [3.05, 3.63) is 23.4 Å². The predicted molar refractivity (Wildman–Crippen MR) is 87.4 cm³/mol. The molecule has 2 amide bonds. The van der Waals surface area contributed by atoms with Gasteiger partial charge in [-0.25, -0.2) is 9.78 Å². The Morgan fingerprint density at radius 2 is 2.00 bits per heavy atom. The highest BCUT2D eigenvalue weighted by atomic mass is 35.5. The molecular formula is C16H24ClN3O2. The molecule has 0 aliphatic heterocycles. The Balaban J connectivity index is 1.75. The topological polar surface area (TPSA) is 54.5 Å². The maximum atomic E-state index is 12.0. The highest BCUT2D eigenvalue weighted by Gasteiger charge is 2.24. The van der Waals surface area contributed by atoms with Crippen LogP contribution in [0.15, 0.2) is 18.3 Å². The van der Waals surface area contributed by atoms with Crippen LogP contribution in [0, 0.1) is 0 Å². The number of urea groups is 1. The Labute approximate surface area is 137 Å². The monoisotopic (exact) mass is 325 g/mol. The summed E-state index contributed by atoms with van der Waals surface area (Å²) in [6.07, 6.45) is 5.47. The van der Waals surface area contributed by atoms with Gasteiger partial charge in [-0.15, -0.1) is 0 Å². The van der Waals surface area contributed by atoms with Crippen molar-refractivity contribution in [1.29, 1.82) is 0 Å². The van der Waals surface area contributed by atoms with Gasteiger partial charge in [0.15, 0.2) is 0 Å². The second-order valence-corrected chi connectivity index (χ2v) is 5.96. The van der Waals surface area contributed by atoms with Crippen molar-refractivity contribution in [2.45, 2.75) is 51.7 Å². The Morgan fingerprint density at radius 3 is 2.55 bits per heavy atom. The fourth-order valence-corrected chi connectivity index (χ4v) is 2.82. The van der Waals surface area contributed by atoms with Crippen molar-refractivity contribution in [2.75, 3.05) is 13.1 Å². The van der Waals surface area contributed by atoms with Crippen LogP contribution >= 0.6 is 11.6 Å². The molecule has 1 heterocycles. The van der Waals surface area contributed by atoms with Crippen LogP contribution < -0.4 is 10.1 Å². The van der Waals surface area contributed by atoms with Gasteiger partial charge in [0.25, 0.3) is 0 Å². The third-order valence-electron chi connectivity index (χ3n) is 4.04. The van der Waals surface area contributed by atoms with E-state index in [1.54, 1.807) is 23.2 Å². The first-order valence-corrected chi connectivity index (χ1v) is 8.33. The van der Waals surface area contributed by atoms with Gasteiger partial charge in [-0.1, -0.05) is 11.6 Å². The molecular weight excluding hydrogens is 302 g/mol. The Morgan fingerprint density at radius 1 is 1.32 bits per heavy atom. The lowest BCUT2D eigenvalue weighted by atomic mass is 9.93. The van der Waals surface area contributed by atoms with Crippen LogP contribution in [0.25, 0.3) is 0 Å². The minimum absolute atomic E-state index is 0.0359. The lowest BCUT2D eigenvalue weighted by molar-refractivity contribution is 0.131. The Bertz CT molecular complexity index is 469. The van der Waals surface area contributed by atoms with Crippen LogP contribution in [-0.4, -0.2) is 41.2 Å². The molecule has 1 fully saturated rings. The fraction of sp³-hybridized carbons (Fsp3) is 0.625. The maximum Gasteiger partial charge on any atom is 0.317 e. The molecule has 1 aromatic rings. The van der Waals surface area contributed by atoms with Crippen LogP contribution in [0.4, 0.5) is 4.79 Å². The molecule has 22 heavy (non-hydrogen) atoms. The molecule has 5 nitrogen and oxygen atoms in total. The minimum Gasteiger partial charge on any atom is -0.474 e. The van der Waals surface area contributed by atoms with Crippen molar-refractivity contribution in [1.82, 2.24) is 15.2 Å². The zero-order chi connectivity index (χ0) is 15.9. The number of amides is 2. The molecule has 1 N–H and O–H groups in total. The molecule has 2 rings (SSSR count). The van der Waals surface area contributed by atoms with E-state index in [4.69, 9.17) is 16.3 Å². The molecule has 1 aromatic heterocycles. The summed E-state index contributed by atoms with van der Waals surface area (Å²) in [5.41, 5.74) is 0. The number of carbonyl (C=O) groups excluding carboxylic acids is 1. The average molecular weight is 326 g/mol. The Hall–Kier alpha value is -1.49. The summed E-state index contributed by atoms with van der Waals surface area (Å²) >= 11 is 5.81. The van der Waals surface area contributed by atoms with E-state index in [1.165, 1.54) is 0 Å². The van der Waals surface area contributed by atoms with Crippen molar-refractivity contribution in [3.63, 3.8) is 0 Å². The summed E-state index contributed by atoms with van der Waals surface area (Å²) < 4.78 is 5.86. The molecule has 122 valence electrons. The highest BCUT2D eigenvalue weighted by molar-refractivity contribution is 6.30. The van der Waals surface area contributed by atoms with Gasteiger partial charge in [0, 0.05) is 31.4 Å². The maximum absolute atomic E-state index is 12.0. The van der Waals surface area contributed by atoms with E-state index in [1.807, 2.05) is 13.8 Å². The van der Waals surface area contributed by atoms with Crippen LogP contribution in [0.5, 0.6) is 5.88 Å². The first-order valence-electron chi connectivity index (χ1n) is 7.96. The summed E-state index contributed by atoms with van der Waals surface area (Å²) in [4.78, 5) is 18.0. The number of rotatable bonds is 5. The zero-order valence-corrected chi connectivity index (χ0v) is 14.0. The number of ether oxygens (including phenoxy) is 1. The largest absolute Gasteiger partial charge is 0.474 e. The average Bonchev–Trinajstić information content (AvgIpc) is 2.53. The summed E-state index contributed by atoms with van der Waals surface area (Å²) in [5.74, 6) is 0.611. The summed E-state index contributed by atoms with van der Waals surface area (Å²) in [6, 6.07) is 3.84. The van der Waals surface area contributed by atoms with Gasteiger partial charge in [0.2, 0.25) is 5.88 Å². The lowest BCUT2D eigenvalue weighted by Gasteiger charge is -2.31. The Kier molecular flexibility index (Phi) is 6.31. The van der Waals surface area contributed by atoms with Gasteiger partial charge in [0.1, 0.15) is 6.10 Å². The first-order chi connectivity index (χ1) is 10.6. The third-order valence-corrected chi connectivity index (χ3v) is 4.26. The van der Waals surface area contributed by atoms with E-state index in [9.17, 15) is 4.79 Å². The first kappa shape index (κ1) is 16.9. The number of hydrogen-bond donors (Lipinski definition) is 1. The normalized spacial score (nSPS) is 21.2. The minimum atomic E-state index is 0.0359. The van der Waals surface area contributed by atoms with E-state index in [0.717, 1.165) is 38.8 Å². The molecule has 0 atom stereocenters. The molecule has 0 radical (unpaired) electrons. The quantitative estimate of drug-likeness (QED) is 0.901. The van der Waals surface area contributed by atoms with Crippen LogP contribution in [0.1, 0.15) is 39.5 Å². The third kappa shape index (κ3) is 4.77. The molecule has 6 heteroatoms. The second-order valence-electron chi connectivity index (χ2n) is 5.53. The number of carbonyl (C=O) groups is 1. The van der Waals surface area contributed by atoms with E-state index < -0.39 is 0 Å². The number of aromatic nitrogens is 1. The zero-order valence-electron chi connectivity index (χ0n) is 13.2. The van der Waals surface area contributed by atoms with Crippen molar-refractivity contribution >= 4 is 17.6 Å². The summed E-state index contributed by atoms with van der Waals surface area (Å²) in [5, 5.41) is 3.72.